The van der Waals surface area contributed by atoms with Crippen molar-refractivity contribution in [2.45, 2.75) is 26.2 Å². The zero-order valence-electron chi connectivity index (χ0n) is 7.49. The Labute approximate surface area is 76.6 Å². The molecule has 0 aliphatic heterocycles. The normalized spacial score (nSPS) is 29.9. The van der Waals surface area contributed by atoms with E-state index < -0.39 is 17.9 Å². The number of aliphatic carboxylic acids is 2. The molecule has 4 nitrogen and oxygen atoms in total. The minimum Gasteiger partial charge on any atom is -0.481 e. The van der Waals surface area contributed by atoms with E-state index in [1.807, 2.05) is 0 Å². The molecule has 1 rings (SSSR count). The highest BCUT2D eigenvalue weighted by Gasteiger charge is 2.38. The van der Waals surface area contributed by atoms with Crippen LogP contribution >= 0.6 is 0 Å². The van der Waals surface area contributed by atoms with Gasteiger partial charge in [0.15, 0.2) is 0 Å². The Morgan fingerprint density at radius 3 is 2.46 bits per heavy atom. The Morgan fingerprint density at radius 1 is 1.38 bits per heavy atom. The summed E-state index contributed by atoms with van der Waals surface area (Å²) >= 11 is 0. The SMILES string of the molecule is CC1[C](C(=O)O)CCCC1C(=O)O. The molecule has 0 spiro atoms. The number of hydrogen-bond acceptors (Lipinski definition) is 2. The molecule has 0 amide bonds. The lowest BCUT2D eigenvalue weighted by molar-refractivity contribution is -0.145. The van der Waals surface area contributed by atoms with E-state index >= 15 is 0 Å². The minimum atomic E-state index is -0.946. The summed E-state index contributed by atoms with van der Waals surface area (Å²) in [5.74, 6) is -2.31. The molecular formula is C9H13O4. The van der Waals surface area contributed by atoms with Crippen LogP contribution in [0.3, 0.4) is 0 Å². The number of carbonyl (C=O) groups is 2. The first-order valence-electron chi connectivity index (χ1n) is 4.36. The van der Waals surface area contributed by atoms with Crippen molar-refractivity contribution in [2.75, 3.05) is 0 Å². The highest BCUT2D eigenvalue weighted by Crippen LogP contribution is 2.36. The van der Waals surface area contributed by atoms with Crippen LogP contribution < -0.4 is 0 Å². The molecule has 0 aromatic heterocycles. The van der Waals surface area contributed by atoms with Crippen LogP contribution in [-0.2, 0) is 9.59 Å². The summed E-state index contributed by atoms with van der Waals surface area (Å²) in [4.78, 5) is 21.4. The van der Waals surface area contributed by atoms with Crippen molar-refractivity contribution >= 4 is 11.9 Å². The van der Waals surface area contributed by atoms with Crippen LogP contribution in [0, 0.1) is 17.8 Å². The molecule has 1 saturated carbocycles. The number of carboxylic acid groups (broad SMARTS) is 2. The van der Waals surface area contributed by atoms with E-state index in [0.29, 0.717) is 25.2 Å². The fraction of sp³-hybridized carbons (Fsp3) is 0.667. The van der Waals surface area contributed by atoms with Crippen LogP contribution in [0.5, 0.6) is 0 Å². The maximum Gasteiger partial charge on any atom is 0.311 e. The maximum absolute atomic E-state index is 10.7. The fourth-order valence-electron chi connectivity index (χ4n) is 1.87. The first-order chi connectivity index (χ1) is 6.04. The molecular weight excluding hydrogens is 172 g/mol. The second-order valence-electron chi connectivity index (χ2n) is 3.46. The Balaban J connectivity index is 2.71. The fourth-order valence-corrected chi connectivity index (χ4v) is 1.87. The lowest BCUT2D eigenvalue weighted by Crippen LogP contribution is -2.34. The second-order valence-corrected chi connectivity index (χ2v) is 3.46. The first-order valence-corrected chi connectivity index (χ1v) is 4.36. The first kappa shape index (κ1) is 10.0. The van der Waals surface area contributed by atoms with Crippen LogP contribution in [0.25, 0.3) is 0 Å². The van der Waals surface area contributed by atoms with Gasteiger partial charge in [0.1, 0.15) is 0 Å². The van der Waals surface area contributed by atoms with E-state index in [0.717, 1.165) is 0 Å². The molecule has 2 N–H and O–H groups in total. The monoisotopic (exact) mass is 185 g/mol. The number of rotatable bonds is 2. The van der Waals surface area contributed by atoms with Gasteiger partial charge in [0.2, 0.25) is 0 Å². The van der Waals surface area contributed by atoms with Crippen molar-refractivity contribution in [2.24, 2.45) is 11.8 Å². The van der Waals surface area contributed by atoms with E-state index in [-0.39, 0.29) is 5.92 Å². The average molecular weight is 185 g/mol. The van der Waals surface area contributed by atoms with Crippen molar-refractivity contribution in [1.82, 2.24) is 0 Å². The van der Waals surface area contributed by atoms with Gasteiger partial charge < -0.3 is 10.2 Å². The van der Waals surface area contributed by atoms with Gasteiger partial charge in [-0.1, -0.05) is 13.3 Å². The van der Waals surface area contributed by atoms with E-state index in [1.54, 1.807) is 6.92 Å². The van der Waals surface area contributed by atoms with Crippen LogP contribution in [0.15, 0.2) is 0 Å². The molecule has 0 aromatic rings. The topological polar surface area (TPSA) is 74.6 Å². The third kappa shape index (κ3) is 1.99. The van der Waals surface area contributed by atoms with Gasteiger partial charge in [-0.3, -0.25) is 9.59 Å². The van der Waals surface area contributed by atoms with Gasteiger partial charge in [-0.25, -0.2) is 0 Å². The number of carboxylic acids is 2. The molecule has 2 unspecified atom stereocenters. The summed E-state index contributed by atoms with van der Waals surface area (Å²) in [6, 6.07) is 0. The lowest BCUT2D eigenvalue weighted by Gasteiger charge is -2.30. The molecule has 0 aromatic carbocycles. The van der Waals surface area contributed by atoms with E-state index in [2.05, 4.69) is 0 Å². The van der Waals surface area contributed by atoms with Crippen LogP contribution in [0.4, 0.5) is 0 Å². The van der Waals surface area contributed by atoms with Crippen molar-refractivity contribution in [3.63, 3.8) is 0 Å². The molecule has 73 valence electrons. The molecule has 1 radical (unpaired) electrons. The zero-order valence-corrected chi connectivity index (χ0v) is 7.49. The Bertz CT molecular complexity index is 202. The van der Waals surface area contributed by atoms with Gasteiger partial charge in [-0.05, 0) is 18.8 Å². The molecule has 13 heavy (non-hydrogen) atoms. The van der Waals surface area contributed by atoms with Gasteiger partial charge in [-0.2, -0.15) is 0 Å². The van der Waals surface area contributed by atoms with Crippen LogP contribution in [0.1, 0.15) is 26.2 Å². The molecule has 4 heteroatoms. The minimum absolute atomic E-state index is 0.330. The largest absolute Gasteiger partial charge is 0.481 e. The summed E-state index contributed by atoms with van der Waals surface area (Å²) in [7, 11) is 0. The molecule has 1 fully saturated rings. The average Bonchev–Trinajstić information content (AvgIpc) is 2.03. The van der Waals surface area contributed by atoms with Crippen molar-refractivity contribution in [1.29, 1.82) is 0 Å². The molecule has 1 aliphatic rings. The Kier molecular flexibility index (Phi) is 2.90. The quantitative estimate of drug-likeness (QED) is 0.677. The summed E-state index contributed by atoms with van der Waals surface area (Å²) in [6.07, 6.45) is 1.79. The van der Waals surface area contributed by atoms with Crippen molar-refractivity contribution in [3.8, 4) is 0 Å². The lowest BCUT2D eigenvalue weighted by atomic mass is 9.73. The van der Waals surface area contributed by atoms with Gasteiger partial charge >= 0.3 is 11.9 Å². The van der Waals surface area contributed by atoms with Crippen LogP contribution in [-0.4, -0.2) is 22.2 Å². The smallest absolute Gasteiger partial charge is 0.311 e. The Hall–Kier alpha value is -1.06. The zero-order chi connectivity index (χ0) is 10.0. The maximum atomic E-state index is 10.7. The second kappa shape index (κ2) is 3.77. The number of hydrogen-bond donors (Lipinski definition) is 2. The van der Waals surface area contributed by atoms with E-state index in [4.69, 9.17) is 10.2 Å². The van der Waals surface area contributed by atoms with Crippen LogP contribution in [0.2, 0.25) is 0 Å². The van der Waals surface area contributed by atoms with Gasteiger partial charge in [0.25, 0.3) is 0 Å². The molecule has 0 saturated heterocycles. The highest BCUT2D eigenvalue weighted by atomic mass is 16.4. The third-order valence-electron chi connectivity index (χ3n) is 2.71. The van der Waals surface area contributed by atoms with Crippen molar-refractivity contribution in [3.05, 3.63) is 5.92 Å². The standard InChI is InChI=1S/C9H13O4/c1-5-6(8(10)11)3-2-4-7(5)9(12)13/h5-6H,2-4H2,1H3,(H,10,11)(H,12,13). The predicted octanol–water partition coefficient (Wildman–Crippen LogP) is 1.17. The van der Waals surface area contributed by atoms with E-state index in [1.165, 1.54) is 0 Å². The summed E-state index contributed by atoms with van der Waals surface area (Å²) in [5.41, 5.74) is 0. The third-order valence-corrected chi connectivity index (χ3v) is 2.71. The van der Waals surface area contributed by atoms with Gasteiger partial charge in [0.05, 0.1) is 11.8 Å². The predicted molar refractivity (Wildman–Crippen MR) is 45.0 cm³/mol. The van der Waals surface area contributed by atoms with E-state index in [9.17, 15) is 9.59 Å². The summed E-state index contributed by atoms with van der Waals surface area (Å²) in [6.45, 7) is 1.68. The highest BCUT2D eigenvalue weighted by molar-refractivity contribution is 5.85. The molecule has 0 bridgehead atoms. The molecule has 2 atom stereocenters. The van der Waals surface area contributed by atoms with Crippen molar-refractivity contribution < 1.29 is 19.8 Å². The molecule has 1 aliphatic carbocycles. The Morgan fingerprint density at radius 2 is 2.00 bits per heavy atom. The summed E-state index contributed by atoms with van der Waals surface area (Å²) < 4.78 is 0. The summed E-state index contributed by atoms with van der Waals surface area (Å²) in [5, 5.41) is 17.6. The van der Waals surface area contributed by atoms with Gasteiger partial charge in [-0.15, -0.1) is 0 Å². The van der Waals surface area contributed by atoms with Gasteiger partial charge in [0, 0.05) is 0 Å². The molecule has 0 heterocycles.